The molecular formula is C15H23NO3. The van der Waals surface area contributed by atoms with Crippen LogP contribution in [-0.4, -0.2) is 33.9 Å². The van der Waals surface area contributed by atoms with Crippen LogP contribution in [0.25, 0.3) is 0 Å². The van der Waals surface area contributed by atoms with Crippen LogP contribution in [0.1, 0.15) is 31.2 Å². The minimum absolute atomic E-state index is 0.482. The molecule has 0 aromatic heterocycles. The largest absolute Gasteiger partial charge is 0.493 e. The Morgan fingerprint density at radius 2 is 2.05 bits per heavy atom. The number of hydrogen-bond acceptors (Lipinski definition) is 4. The molecule has 0 amide bonds. The van der Waals surface area contributed by atoms with Crippen LogP contribution in [0.3, 0.4) is 0 Å². The smallest absolute Gasteiger partial charge is 0.203 e. The van der Waals surface area contributed by atoms with Crippen LogP contribution < -0.4 is 19.5 Å². The van der Waals surface area contributed by atoms with Gasteiger partial charge in [-0.3, -0.25) is 0 Å². The standard InChI is InChI=1S/C15H23NO3/c1-4-19-14-12(11-6-5-9-16-10-11)7-8-13(17-2)15(14)18-3/h7-8,11,16H,4-6,9-10H2,1-3H3. The Bertz CT molecular complexity index is 414. The van der Waals surface area contributed by atoms with Gasteiger partial charge in [0.15, 0.2) is 11.5 Å². The fourth-order valence-corrected chi connectivity index (χ4v) is 2.65. The topological polar surface area (TPSA) is 39.7 Å². The number of piperidine rings is 1. The fraction of sp³-hybridized carbons (Fsp3) is 0.600. The Kier molecular flexibility index (Phi) is 4.91. The molecule has 4 nitrogen and oxygen atoms in total. The zero-order chi connectivity index (χ0) is 13.7. The summed E-state index contributed by atoms with van der Waals surface area (Å²) in [5, 5.41) is 3.44. The highest BCUT2D eigenvalue weighted by atomic mass is 16.5. The van der Waals surface area contributed by atoms with Crippen molar-refractivity contribution in [1.29, 1.82) is 0 Å². The van der Waals surface area contributed by atoms with E-state index in [0.29, 0.717) is 18.3 Å². The quantitative estimate of drug-likeness (QED) is 0.888. The number of methoxy groups -OCH3 is 2. The lowest BCUT2D eigenvalue weighted by atomic mass is 9.90. The summed E-state index contributed by atoms with van der Waals surface area (Å²) in [5.41, 5.74) is 1.21. The molecule has 1 heterocycles. The fourth-order valence-electron chi connectivity index (χ4n) is 2.65. The second-order valence-electron chi connectivity index (χ2n) is 4.70. The zero-order valence-electron chi connectivity index (χ0n) is 12.0. The van der Waals surface area contributed by atoms with E-state index in [4.69, 9.17) is 14.2 Å². The van der Waals surface area contributed by atoms with Crippen molar-refractivity contribution in [3.8, 4) is 17.2 Å². The highest BCUT2D eigenvalue weighted by Crippen LogP contribution is 2.43. The molecule has 1 unspecified atom stereocenters. The molecule has 4 heteroatoms. The molecule has 0 spiro atoms. The molecule has 106 valence electrons. The lowest BCUT2D eigenvalue weighted by Gasteiger charge is -2.26. The molecule has 0 radical (unpaired) electrons. The molecule has 1 atom stereocenters. The molecule has 1 saturated heterocycles. The molecule has 19 heavy (non-hydrogen) atoms. The number of ether oxygens (including phenoxy) is 3. The normalized spacial score (nSPS) is 19.0. The van der Waals surface area contributed by atoms with Gasteiger partial charge in [-0.2, -0.15) is 0 Å². The summed E-state index contributed by atoms with van der Waals surface area (Å²) in [5.74, 6) is 2.74. The van der Waals surface area contributed by atoms with Gasteiger partial charge in [0.2, 0.25) is 5.75 Å². The number of hydrogen-bond donors (Lipinski definition) is 1. The second-order valence-corrected chi connectivity index (χ2v) is 4.70. The Hall–Kier alpha value is -1.42. The van der Waals surface area contributed by atoms with Crippen molar-refractivity contribution in [3.63, 3.8) is 0 Å². The highest BCUT2D eigenvalue weighted by Gasteiger charge is 2.23. The van der Waals surface area contributed by atoms with E-state index in [0.717, 1.165) is 24.6 Å². The van der Waals surface area contributed by atoms with Gasteiger partial charge in [0, 0.05) is 18.0 Å². The second kappa shape index (κ2) is 6.66. The van der Waals surface area contributed by atoms with E-state index >= 15 is 0 Å². The molecule has 1 aliphatic rings. The molecular weight excluding hydrogens is 242 g/mol. The van der Waals surface area contributed by atoms with E-state index in [1.807, 2.05) is 13.0 Å². The molecule has 2 rings (SSSR count). The lowest BCUT2D eigenvalue weighted by molar-refractivity contribution is 0.289. The van der Waals surface area contributed by atoms with E-state index in [1.165, 1.54) is 18.4 Å². The maximum absolute atomic E-state index is 5.82. The number of nitrogens with one attached hydrogen (secondary N) is 1. The summed E-state index contributed by atoms with van der Waals surface area (Å²) in [6.07, 6.45) is 2.38. The molecule has 1 N–H and O–H groups in total. The van der Waals surface area contributed by atoms with E-state index < -0.39 is 0 Å². The molecule has 0 bridgehead atoms. The van der Waals surface area contributed by atoms with E-state index in [2.05, 4.69) is 11.4 Å². The summed E-state index contributed by atoms with van der Waals surface area (Å²) in [6, 6.07) is 4.06. The van der Waals surface area contributed by atoms with E-state index in [9.17, 15) is 0 Å². The maximum Gasteiger partial charge on any atom is 0.203 e. The Morgan fingerprint density at radius 3 is 2.63 bits per heavy atom. The van der Waals surface area contributed by atoms with Crippen molar-refractivity contribution in [2.45, 2.75) is 25.7 Å². The first-order valence-corrected chi connectivity index (χ1v) is 6.90. The number of benzene rings is 1. The van der Waals surface area contributed by atoms with Crippen LogP contribution in [0.2, 0.25) is 0 Å². The van der Waals surface area contributed by atoms with Crippen LogP contribution in [0, 0.1) is 0 Å². The highest BCUT2D eigenvalue weighted by molar-refractivity contribution is 5.57. The van der Waals surface area contributed by atoms with Crippen molar-refractivity contribution < 1.29 is 14.2 Å². The Labute approximate surface area is 115 Å². The van der Waals surface area contributed by atoms with Gasteiger partial charge in [-0.05, 0) is 32.4 Å². The molecule has 0 aliphatic carbocycles. The summed E-state index contributed by atoms with van der Waals surface area (Å²) >= 11 is 0. The molecule has 1 aromatic carbocycles. The van der Waals surface area contributed by atoms with Gasteiger partial charge >= 0.3 is 0 Å². The Morgan fingerprint density at radius 1 is 1.21 bits per heavy atom. The van der Waals surface area contributed by atoms with Gasteiger partial charge in [0.05, 0.1) is 20.8 Å². The third kappa shape index (κ3) is 2.95. The first kappa shape index (κ1) is 14.0. The predicted molar refractivity (Wildman–Crippen MR) is 75.6 cm³/mol. The van der Waals surface area contributed by atoms with Crippen molar-refractivity contribution in [3.05, 3.63) is 17.7 Å². The van der Waals surface area contributed by atoms with Gasteiger partial charge in [0.1, 0.15) is 0 Å². The summed E-state index contributed by atoms with van der Waals surface area (Å²) in [7, 11) is 3.30. The zero-order valence-corrected chi connectivity index (χ0v) is 12.0. The minimum atomic E-state index is 0.482. The number of rotatable bonds is 5. The van der Waals surface area contributed by atoms with E-state index in [-0.39, 0.29) is 0 Å². The summed E-state index contributed by atoms with van der Waals surface area (Å²) in [4.78, 5) is 0. The van der Waals surface area contributed by atoms with Crippen LogP contribution in [0.4, 0.5) is 0 Å². The van der Waals surface area contributed by atoms with Gasteiger partial charge in [-0.15, -0.1) is 0 Å². The maximum atomic E-state index is 5.82. The predicted octanol–water partition coefficient (Wildman–Crippen LogP) is 2.57. The average molecular weight is 265 g/mol. The van der Waals surface area contributed by atoms with Crippen LogP contribution >= 0.6 is 0 Å². The van der Waals surface area contributed by atoms with Gasteiger partial charge in [-0.1, -0.05) is 6.07 Å². The van der Waals surface area contributed by atoms with Crippen LogP contribution in [0.15, 0.2) is 12.1 Å². The van der Waals surface area contributed by atoms with Crippen LogP contribution in [-0.2, 0) is 0 Å². The van der Waals surface area contributed by atoms with Crippen molar-refractivity contribution >= 4 is 0 Å². The van der Waals surface area contributed by atoms with Crippen LogP contribution in [0.5, 0.6) is 17.2 Å². The average Bonchev–Trinajstić information content (AvgIpc) is 2.48. The molecule has 0 saturated carbocycles. The van der Waals surface area contributed by atoms with Gasteiger partial charge in [-0.25, -0.2) is 0 Å². The summed E-state index contributed by atoms with van der Waals surface area (Å²) < 4.78 is 16.6. The SMILES string of the molecule is CCOc1c(C2CCCNC2)ccc(OC)c1OC. The minimum Gasteiger partial charge on any atom is -0.493 e. The Balaban J connectivity index is 2.40. The van der Waals surface area contributed by atoms with Crippen molar-refractivity contribution in [2.24, 2.45) is 0 Å². The summed E-state index contributed by atoms with van der Waals surface area (Å²) in [6.45, 7) is 4.71. The first-order chi connectivity index (χ1) is 9.31. The molecule has 1 fully saturated rings. The van der Waals surface area contributed by atoms with Crippen molar-refractivity contribution in [2.75, 3.05) is 33.9 Å². The van der Waals surface area contributed by atoms with Gasteiger partial charge < -0.3 is 19.5 Å². The monoisotopic (exact) mass is 265 g/mol. The first-order valence-electron chi connectivity index (χ1n) is 6.90. The van der Waals surface area contributed by atoms with Crippen molar-refractivity contribution in [1.82, 2.24) is 5.32 Å². The molecule has 1 aliphatic heterocycles. The third-order valence-corrected chi connectivity index (χ3v) is 3.56. The molecule has 1 aromatic rings. The van der Waals surface area contributed by atoms with E-state index in [1.54, 1.807) is 14.2 Å². The third-order valence-electron chi connectivity index (χ3n) is 3.56. The lowest BCUT2D eigenvalue weighted by Crippen LogP contribution is -2.28. The van der Waals surface area contributed by atoms with Gasteiger partial charge in [0.25, 0.3) is 0 Å².